The molecular weight excluding hydrogens is 226 g/mol. The Morgan fingerprint density at radius 1 is 1.29 bits per heavy atom. The Kier molecular flexibility index (Phi) is 5.08. The molecule has 1 amide bonds. The average Bonchev–Trinajstić information content (AvgIpc) is 2.28. The highest BCUT2D eigenvalue weighted by Gasteiger charge is 2.15. The summed E-state index contributed by atoms with van der Waals surface area (Å²) in [6, 6.07) is 5.25. The number of amides is 1. The van der Waals surface area contributed by atoms with Crippen LogP contribution in [-0.4, -0.2) is 12.5 Å². The van der Waals surface area contributed by atoms with Crippen LogP contribution in [0.1, 0.15) is 29.6 Å². The van der Waals surface area contributed by atoms with Crippen LogP contribution in [0.25, 0.3) is 0 Å². The van der Waals surface area contributed by atoms with Gasteiger partial charge in [0, 0.05) is 13.0 Å². The summed E-state index contributed by atoms with van der Waals surface area (Å²) in [7, 11) is 0. The highest BCUT2D eigenvalue weighted by Crippen LogP contribution is 2.11. The molecule has 0 radical (unpaired) electrons. The van der Waals surface area contributed by atoms with Crippen LogP contribution in [0.15, 0.2) is 18.2 Å². The molecule has 1 aromatic carbocycles. The predicted molar refractivity (Wildman–Crippen MR) is 58.2 cm³/mol. The normalized spacial score (nSPS) is 9.71. The predicted octanol–water partition coefficient (Wildman–Crippen LogP) is 2.39. The Labute approximate surface area is 98.1 Å². The Balaban J connectivity index is 2.51. The van der Waals surface area contributed by atoms with Crippen molar-refractivity contribution in [1.29, 1.82) is 5.26 Å². The fraction of sp³-hybridized carbons (Fsp3) is 0.333. The van der Waals surface area contributed by atoms with Crippen LogP contribution in [0.5, 0.6) is 0 Å². The zero-order chi connectivity index (χ0) is 12.7. The summed E-state index contributed by atoms with van der Waals surface area (Å²) < 4.78 is 26.4. The molecule has 0 aliphatic carbocycles. The SMILES string of the molecule is N#CCCCCNC(=O)c1c(F)cccc1F. The van der Waals surface area contributed by atoms with Crippen molar-refractivity contribution in [3.05, 3.63) is 35.4 Å². The first-order chi connectivity index (χ1) is 8.16. The fourth-order valence-corrected chi connectivity index (χ4v) is 1.33. The minimum absolute atomic E-state index is 0.300. The second kappa shape index (κ2) is 6.59. The molecule has 3 nitrogen and oxygen atoms in total. The van der Waals surface area contributed by atoms with E-state index in [0.717, 1.165) is 12.1 Å². The number of nitriles is 1. The number of halogens is 2. The van der Waals surface area contributed by atoms with Gasteiger partial charge in [-0.3, -0.25) is 4.79 Å². The second-order valence-electron chi connectivity index (χ2n) is 3.47. The zero-order valence-corrected chi connectivity index (χ0v) is 9.17. The Hall–Kier alpha value is -1.96. The first kappa shape index (κ1) is 13.1. The van der Waals surface area contributed by atoms with E-state index in [0.29, 0.717) is 25.8 Å². The van der Waals surface area contributed by atoms with Gasteiger partial charge in [-0.2, -0.15) is 5.26 Å². The van der Waals surface area contributed by atoms with Crippen molar-refractivity contribution in [2.45, 2.75) is 19.3 Å². The highest BCUT2D eigenvalue weighted by atomic mass is 19.1. The Bertz CT molecular complexity index is 420. The first-order valence-corrected chi connectivity index (χ1v) is 5.26. The number of nitrogens with zero attached hydrogens (tertiary/aromatic N) is 1. The smallest absolute Gasteiger partial charge is 0.257 e. The summed E-state index contributed by atoms with van der Waals surface area (Å²) in [5, 5.41) is 10.7. The van der Waals surface area contributed by atoms with Gasteiger partial charge in [0.2, 0.25) is 0 Å². The van der Waals surface area contributed by atoms with Crippen LogP contribution in [0.2, 0.25) is 0 Å². The van der Waals surface area contributed by atoms with Gasteiger partial charge in [-0.25, -0.2) is 8.78 Å². The van der Waals surface area contributed by atoms with Crippen molar-refractivity contribution in [1.82, 2.24) is 5.32 Å². The maximum atomic E-state index is 13.2. The van der Waals surface area contributed by atoms with Gasteiger partial charge in [-0.1, -0.05) is 6.07 Å². The molecule has 1 aromatic rings. The molecule has 0 aromatic heterocycles. The molecule has 1 rings (SSSR count). The van der Waals surface area contributed by atoms with E-state index in [-0.39, 0.29) is 0 Å². The van der Waals surface area contributed by atoms with E-state index >= 15 is 0 Å². The van der Waals surface area contributed by atoms with Crippen molar-refractivity contribution >= 4 is 5.91 Å². The highest BCUT2D eigenvalue weighted by molar-refractivity contribution is 5.94. The van der Waals surface area contributed by atoms with Crippen LogP contribution >= 0.6 is 0 Å². The van der Waals surface area contributed by atoms with Crippen molar-refractivity contribution < 1.29 is 13.6 Å². The van der Waals surface area contributed by atoms with E-state index in [9.17, 15) is 13.6 Å². The van der Waals surface area contributed by atoms with Crippen molar-refractivity contribution in [2.24, 2.45) is 0 Å². The Morgan fingerprint density at radius 2 is 1.94 bits per heavy atom. The molecular formula is C12H12F2N2O. The molecule has 17 heavy (non-hydrogen) atoms. The van der Waals surface area contributed by atoms with Gasteiger partial charge < -0.3 is 5.32 Å². The maximum absolute atomic E-state index is 13.2. The first-order valence-electron chi connectivity index (χ1n) is 5.26. The average molecular weight is 238 g/mol. The monoisotopic (exact) mass is 238 g/mol. The van der Waals surface area contributed by atoms with Crippen LogP contribution in [0, 0.1) is 23.0 Å². The van der Waals surface area contributed by atoms with E-state index in [2.05, 4.69) is 5.32 Å². The van der Waals surface area contributed by atoms with Gasteiger partial charge in [-0.05, 0) is 25.0 Å². The largest absolute Gasteiger partial charge is 0.352 e. The molecule has 0 aliphatic heterocycles. The lowest BCUT2D eigenvalue weighted by atomic mass is 10.2. The molecule has 0 saturated carbocycles. The molecule has 0 bridgehead atoms. The van der Waals surface area contributed by atoms with Crippen molar-refractivity contribution in [3.8, 4) is 6.07 Å². The number of carbonyl (C=O) groups excluding carboxylic acids is 1. The topological polar surface area (TPSA) is 52.9 Å². The summed E-state index contributed by atoms with van der Waals surface area (Å²) in [5.74, 6) is -2.52. The lowest BCUT2D eigenvalue weighted by Crippen LogP contribution is -2.26. The second-order valence-corrected chi connectivity index (χ2v) is 3.47. The number of hydrogen-bond donors (Lipinski definition) is 1. The third-order valence-corrected chi connectivity index (χ3v) is 2.19. The van der Waals surface area contributed by atoms with Crippen LogP contribution in [-0.2, 0) is 0 Å². The molecule has 0 spiro atoms. The summed E-state index contributed by atoms with van der Waals surface area (Å²) >= 11 is 0. The van der Waals surface area contributed by atoms with E-state index in [1.807, 2.05) is 6.07 Å². The Morgan fingerprint density at radius 3 is 2.53 bits per heavy atom. The molecule has 1 N–H and O–H groups in total. The summed E-state index contributed by atoms with van der Waals surface area (Å²) in [4.78, 5) is 11.5. The molecule has 0 atom stereocenters. The lowest BCUT2D eigenvalue weighted by molar-refractivity contribution is 0.0944. The fourth-order valence-electron chi connectivity index (χ4n) is 1.33. The van der Waals surface area contributed by atoms with E-state index in [1.54, 1.807) is 0 Å². The molecule has 90 valence electrons. The van der Waals surface area contributed by atoms with E-state index in [1.165, 1.54) is 6.07 Å². The van der Waals surface area contributed by atoms with Gasteiger partial charge in [-0.15, -0.1) is 0 Å². The third kappa shape index (κ3) is 3.83. The molecule has 0 heterocycles. The minimum atomic E-state index is -0.875. The number of benzene rings is 1. The molecule has 0 unspecified atom stereocenters. The number of nitrogens with one attached hydrogen (secondary N) is 1. The van der Waals surface area contributed by atoms with Gasteiger partial charge in [0.25, 0.3) is 5.91 Å². The van der Waals surface area contributed by atoms with Crippen LogP contribution in [0.4, 0.5) is 8.78 Å². The maximum Gasteiger partial charge on any atom is 0.257 e. The molecule has 0 saturated heterocycles. The standard InChI is InChI=1S/C12H12F2N2O/c13-9-5-4-6-10(14)11(9)12(17)16-8-3-1-2-7-15/h4-6H,1-3,8H2,(H,16,17). The number of carbonyl (C=O) groups is 1. The number of hydrogen-bond acceptors (Lipinski definition) is 2. The third-order valence-electron chi connectivity index (χ3n) is 2.19. The van der Waals surface area contributed by atoms with Gasteiger partial charge in [0.1, 0.15) is 17.2 Å². The molecule has 0 fully saturated rings. The zero-order valence-electron chi connectivity index (χ0n) is 9.17. The van der Waals surface area contributed by atoms with Gasteiger partial charge >= 0.3 is 0 Å². The quantitative estimate of drug-likeness (QED) is 0.801. The van der Waals surface area contributed by atoms with Crippen molar-refractivity contribution in [3.63, 3.8) is 0 Å². The van der Waals surface area contributed by atoms with Crippen LogP contribution in [0.3, 0.4) is 0 Å². The van der Waals surface area contributed by atoms with Crippen molar-refractivity contribution in [2.75, 3.05) is 6.54 Å². The minimum Gasteiger partial charge on any atom is -0.352 e. The van der Waals surface area contributed by atoms with E-state index in [4.69, 9.17) is 5.26 Å². The molecule has 5 heteroatoms. The van der Waals surface area contributed by atoms with Gasteiger partial charge in [0.05, 0.1) is 6.07 Å². The van der Waals surface area contributed by atoms with Crippen LogP contribution < -0.4 is 5.32 Å². The molecule has 0 aliphatic rings. The summed E-state index contributed by atoms with van der Waals surface area (Å²) in [5.41, 5.74) is -0.562. The lowest BCUT2D eigenvalue weighted by Gasteiger charge is -2.06. The number of unbranched alkanes of at least 4 members (excludes halogenated alkanes) is 2. The summed E-state index contributed by atoms with van der Waals surface area (Å²) in [6.07, 6.45) is 1.66. The van der Waals surface area contributed by atoms with E-state index < -0.39 is 23.1 Å². The summed E-state index contributed by atoms with van der Waals surface area (Å²) in [6.45, 7) is 0.300. The van der Waals surface area contributed by atoms with Gasteiger partial charge in [0.15, 0.2) is 0 Å². The number of rotatable bonds is 5.